The molecule has 0 aliphatic carbocycles. The highest BCUT2D eigenvalue weighted by Gasteiger charge is 2.29. The molecule has 0 rings (SSSR count). The van der Waals surface area contributed by atoms with Gasteiger partial charge < -0.3 is 14.2 Å². The standard InChI is InChI=1S/C8H15ClO4/c1-8(2,4-12-6-11-3)7(10)13-5-9/h4-6H2,1-3H3. The summed E-state index contributed by atoms with van der Waals surface area (Å²) in [6.45, 7) is 3.85. The molecule has 0 saturated heterocycles. The Balaban J connectivity index is 3.83. The van der Waals surface area contributed by atoms with Crippen LogP contribution in [-0.4, -0.2) is 32.5 Å². The van der Waals surface area contributed by atoms with Gasteiger partial charge in [0.25, 0.3) is 0 Å². The van der Waals surface area contributed by atoms with Crippen molar-refractivity contribution in [1.82, 2.24) is 0 Å². The van der Waals surface area contributed by atoms with Gasteiger partial charge in [-0.25, -0.2) is 0 Å². The van der Waals surface area contributed by atoms with E-state index < -0.39 is 5.41 Å². The van der Waals surface area contributed by atoms with Crippen LogP contribution in [0.25, 0.3) is 0 Å². The maximum Gasteiger partial charge on any atom is 0.315 e. The maximum absolute atomic E-state index is 11.2. The van der Waals surface area contributed by atoms with Gasteiger partial charge in [0.05, 0.1) is 12.0 Å². The number of esters is 1. The number of ether oxygens (including phenoxy) is 3. The van der Waals surface area contributed by atoms with Crippen molar-refractivity contribution >= 4 is 17.6 Å². The molecule has 5 heteroatoms. The molecule has 0 saturated carbocycles. The van der Waals surface area contributed by atoms with Crippen molar-refractivity contribution in [3.63, 3.8) is 0 Å². The lowest BCUT2D eigenvalue weighted by Gasteiger charge is -2.21. The molecule has 0 radical (unpaired) electrons. The lowest BCUT2D eigenvalue weighted by molar-refractivity contribution is -0.158. The maximum atomic E-state index is 11.2. The summed E-state index contributed by atoms with van der Waals surface area (Å²) < 4.78 is 14.4. The summed E-state index contributed by atoms with van der Waals surface area (Å²) >= 11 is 5.26. The highest BCUT2D eigenvalue weighted by molar-refractivity contribution is 6.17. The smallest absolute Gasteiger partial charge is 0.315 e. The molecule has 0 unspecified atom stereocenters. The van der Waals surface area contributed by atoms with Crippen LogP contribution in [0.15, 0.2) is 0 Å². The molecule has 0 aromatic rings. The highest BCUT2D eigenvalue weighted by Crippen LogP contribution is 2.17. The Hall–Kier alpha value is -0.320. The Morgan fingerprint density at radius 3 is 2.54 bits per heavy atom. The first-order chi connectivity index (χ1) is 6.04. The van der Waals surface area contributed by atoms with Gasteiger partial charge in [0, 0.05) is 7.11 Å². The number of methoxy groups -OCH3 is 1. The first-order valence-electron chi connectivity index (χ1n) is 3.84. The molecular weight excluding hydrogens is 196 g/mol. The van der Waals surface area contributed by atoms with E-state index in [0.29, 0.717) is 0 Å². The molecule has 0 aliphatic heterocycles. The number of rotatable bonds is 6. The van der Waals surface area contributed by atoms with E-state index in [2.05, 4.69) is 9.47 Å². The molecule has 0 aromatic carbocycles. The first kappa shape index (κ1) is 12.7. The van der Waals surface area contributed by atoms with Crippen LogP contribution in [0.1, 0.15) is 13.8 Å². The molecule has 0 bridgehead atoms. The molecular formula is C8H15ClO4. The zero-order valence-electron chi connectivity index (χ0n) is 8.13. The quantitative estimate of drug-likeness (QED) is 0.288. The van der Waals surface area contributed by atoms with Crippen molar-refractivity contribution < 1.29 is 19.0 Å². The number of carbonyl (C=O) groups is 1. The summed E-state index contributed by atoms with van der Waals surface area (Å²) in [4.78, 5) is 11.2. The Kier molecular flexibility index (Phi) is 6.03. The van der Waals surface area contributed by atoms with Gasteiger partial charge in [-0.05, 0) is 13.8 Å². The predicted octanol–water partition coefficient (Wildman–Crippen LogP) is 1.37. The number of halogens is 1. The fourth-order valence-electron chi connectivity index (χ4n) is 0.684. The fourth-order valence-corrected chi connectivity index (χ4v) is 0.783. The minimum Gasteiger partial charge on any atom is -0.449 e. The van der Waals surface area contributed by atoms with Gasteiger partial charge in [0.2, 0.25) is 0 Å². The lowest BCUT2D eigenvalue weighted by Crippen LogP contribution is -2.31. The van der Waals surface area contributed by atoms with Crippen LogP contribution in [0.5, 0.6) is 0 Å². The van der Waals surface area contributed by atoms with Crippen LogP contribution in [0.2, 0.25) is 0 Å². The SMILES string of the molecule is COCOCC(C)(C)C(=O)OCCl. The molecule has 0 amide bonds. The highest BCUT2D eigenvalue weighted by atomic mass is 35.5. The Bertz CT molecular complexity index is 158. The van der Waals surface area contributed by atoms with Crippen LogP contribution >= 0.6 is 11.6 Å². The summed E-state index contributed by atoms with van der Waals surface area (Å²) in [7, 11) is 1.52. The van der Waals surface area contributed by atoms with Gasteiger partial charge in [-0.3, -0.25) is 4.79 Å². The summed E-state index contributed by atoms with van der Waals surface area (Å²) in [6, 6.07) is -0.132. The Morgan fingerprint density at radius 1 is 1.46 bits per heavy atom. The third-order valence-electron chi connectivity index (χ3n) is 1.40. The van der Waals surface area contributed by atoms with Crippen molar-refractivity contribution in [3.8, 4) is 0 Å². The van der Waals surface area contributed by atoms with E-state index in [1.54, 1.807) is 13.8 Å². The lowest BCUT2D eigenvalue weighted by atomic mass is 9.95. The monoisotopic (exact) mass is 210 g/mol. The van der Waals surface area contributed by atoms with E-state index in [-0.39, 0.29) is 25.4 Å². The number of hydrogen-bond acceptors (Lipinski definition) is 4. The molecule has 0 aromatic heterocycles. The zero-order chi connectivity index (χ0) is 10.3. The van der Waals surface area contributed by atoms with Crippen LogP contribution in [-0.2, 0) is 19.0 Å². The molecule has 0 fully saturated rings. The average Bonchev–Trinajstić information content (AvgIpc) is 2.05. The van der Waals surface area contributed by atoms with Crippen LogP contribution in [0.4, 0.5) is 0 Å². The van der Waals surface area contributed by atoms with Crippen molar-refractivity contribution in [1.29, 1.82) is 0 Å². The molecule has 13 heavy (non-hydrogen) atoms. The topological polar surface area (TPSA) is 44.8 Å². The van der Waals surface area contributed by atoms with Crippen molar-refractivity contribution in [3.05, 3.63) is 0 Å². The number of hydrogen-bond donors (Lipinski definition) is 0. The summed E-state index contributed by atoms with van der Waals surface area (Å²) in [5.41, 5.74) is -0.687. The molecule has 4 nitrogen and oxygen atoms in total. The van der Waals surface area contributed by atoms with Gasteiger partial charge >= 0.3 is 5.97 Å². The third-order valence-corrected chi connectivity index (χ3v) is 1.51. The molecule has 0 heterocycles. The van der Waals surface area contributed by atoms with E-state index in [1.165, 1.54) is 7.11 Å². The minimum absolute atomic E-state index is 0.132. The number of alkyl halides is 1. The van der Waals surface area contributed by atoms with E-state index in [1.807, 2.05) is 0 Å². The predicted molar refractivity (Wildman–Crippen MR) is 48.4 cm³/mol. The molecule has 0 N–H and O–H groups in total. The van der Waals surface area contributed by atoms with Gasteiger partial charge in [0.15, 0.2) is 6.07 Å². The fraction of sp³-hybridized carbons (Fsp3) is 0.875. The summed E-state index contributed by atoms with van der Waals surface area (Å²) in [5.74, 6) is -0.376. The zero-order valence-corrected chi connectivity index (χ0v) is 8.89. The molecule has 0 atom stereocenters. The van der Waals surface area contributed by atoms with Crippen molar-refractivity contribution in [2.45, 2.75) is 13.8 Å². The second kappa shape index (κ2) is 6.18. The number of carbonyl (C=O) groups excluding carboxylic acids is 1. The van der Waals surface area contributed by atoms with Gasteiger partial charge in [0.1, 0.15) is 6.79 Å². The molecule has 0 spiro atoms. The minimum atomic E-state index is -0.687. The van der Waals surface area contributed by atoms with E-state index in [4.69, 9.17) is 16.3 Å². The van der Waals surface area contributed by atoms with Crippen LogP contribution in [0.3, 0.4) is 0 Å². The van der Waals surface area contributed by atoms with Crippen LogP contribution in [0, 0.1) is 5.41 Å². The second-order valence-corrected chi connectivity index (χ2v) is 3.40. The second-order valence-electron chi connectivity index (χ2n) is 3.18. The normalized spacial score (nSPS) is 11.4. The van der Waals surface area contributed by atoms with E-state index in [9.17, 15) is 4.79 Å². The first-order valence-corrected chi connectivity index (χ1v) is 4.38. The van der Waals surface area contributed by atoms with Crippen LogP contribution < -0.4 is 0 Å². The Morgan fingerprint density at radius 2 is 2.08 bits per heavy atom. The third kappa shape index (κ3) is 5.08. The van der Waals surface area contributed by atoms with Crippen molar-refractivity contribution in [2.24, 2.45) is 5.41 Å². The summed E-state index contributed by atoms with van der Waals surface area (Å²) in [5, 5.41) is 0. The van der Waals surface area contributed by atoms with Crippen molar-refractivity contribution in [2.75, 3.05) is 26.6 Å². The average molecular weight is 211 g/mol. The molecule has 78 valence electrons. The largest absolute Gasteiger partial charge is 0.449 e. The van der Waals surface area contributed by atoms with E-state index >= 15 is 0 Å². The van der Waals surface area contributed by atoms with Gasteiger partial charge in [-0.2, -0.15) is 0 Å². The van der Waals surface area contributed by atoms with Gasteiger partial charge in [-0.15, -0.1) is 0 Å². The van der Waals surface area contributed by atoms with Gasteiger partial charge in [-0.1, -0.05) is 11.6 Å². The Labute approximate surface area is 83.1 Å². The molecule has 0 aliphatic rings. The summed E-state index contributed by atoms with van der Waals surface area (Å²) in [6.07, 6.45) is 0. The van der Waals surface area contributed by atoms with E-state index in [0.717, 1.165) is 0 Å².